The summed E-state index contributed by atoms with van der Waals surface area (Å²) in [6.45, 7) is 4.30. The van der Waals surface area contributed by atoms with E-state index in [-0.39, 0.29) is 6.01 Å². The van der Waals surface area contributed by atoms with Crippen molar-refractivity contribution >= 4 is 27.1 Å². The molecule has 8 heteroatoms. The van der Waals surface area contributed by atoms with E-state index in [1.807, 2.05) is 56.3 Å². The summed E-state index contributed by atoms with van der Waals surface area (Å²) in [7, 11) is 3.06. The van der Waals surface area contributed by atoms with Crippen LogP contribution in [0.1, 0.15) is 16.7 Å². The monoisotopic (exact) mass is 468 g/mol. The van der Waals surface area contributed by atoms with E-state index in [9.17, 15) is 9.59 Å². The largest absolute Gasteiger partial charge is 0.425 e. The predicted octanol–water partition coefficient (Wildman–Crippen LogP) is 3.65. The average molecular weight is 469 g/mol. The molecule has 30 heavy (non-hydrogen) atoms. The van der Waals surface area contributed by atoms with Crippen LogP contribution in [0.5, 0.6) is 11.8 Å². The topological polar surface area (TPSA) is 71.1 Å². The van der Waals surface area contributed by atoms with Gasteiger partial charge in [-0.1, -0.05) is 40.2 Å². The third-order valence-corrected chi connectivity index (χ3v) is 5.64. The summed E-state index contributed by atoms with van der Waals surface area (Å²) >= 11 is 3.44. The fourth-order valence-electron chi connectivity index (χ4n) is 3.34. The van der Waals surface area contributed by atoms with E-state index in [0.717, 1.165) is 25.7 Å². The fraction of sp³-hybridized carbons (Fsp3) is 0.227. The van der Waals surface area contributed by atoms with Gasteiger partial charge in [0.05, 0.1) is 6.54 Å². The van der Waals surface area contributed by atoms with Crippen molar-refractivity contribution in [3.63, 3.8) is 0 Å². The van der Waals surface area contributed by atoms with Gasteiger partial charge in [-0.2, -0.15) is 4.98 Å². The number of hydrogen-bond donors (Lipinski definition) is 0. The number of imidazole rings is 1. The van der Waals surface area contributed by atoms with Crippen molar-refractivity contribution < 1.29 is 4.74 Å². The van der Waals surface area contributed by atoms with Crippen molar-refractivity contribution in [3.05, 3.63) is 84.5 Å². The highest BCUT2D eigenvalue weighted by atomic mass is 79.9. The highest BCUT2D eigenvalue weighted by molar-refractivity contribution is 9.10. The molecule has 0 fully saturated rings. The molecule has 0 bridgehead atoms. The van der Waals surface area contributed by atoms with Crippen molar-refractivity contribution in [1.82, 2.24) is 18.7 Å². The minimum atomic E-state index is -0.431. The second kappa shape index (κ2) is 7.60. The Morgan fingerprint density at radius 3 is 2.40 bits per heavy atom. The average Bonchev–Trinajstić information content (AvgIpc) is 3.07. The lowest BCUT2D eigenvalue weighted by Gasteiger charge is -2.12. The number of rotatable bonds is 4. The van der Waals surface area contributed by atoms with Crippen LogP contribution in [0.4, 0.5) is 0 Å². The maximum absolute atomic E-state index is 13.0. The quantitative estimate of drug-likeness (QED) is 0.458. The molecule has 2 aromatic heterocycles. The van der Waals surface area contributed by atoms with Gasteiger partial charge < -0.3 is 4.74 Å². The Labute approximate surface area is 181 Å². The smallest absolute Gasteiger partial charge is 0.332 e. The first-order valence-corrected chi connectivity index (χ1v) is 10.2. The summed E-state index contributed by atoms with van der Waals surface area (Å²) in [4.78, 5) is 29.9. The number of benzene rings is 2. The fourth-order valence-corrected chi connectivity index (χ4v) is 3.60. The third-order valence-electron chi connectivity index (χ3n) is 5.11. The summed E-state index contributed by atoms with van der Waals surface area (Å²) in [5, 5.41) is 0. The molecule has 7 nitrogen and oxygen atoms in total. The van der Waals surface area contributed by atoms with Gasteiger partial charge in [-0.3, -0.25) is 18.5 Å². The van der Waals surface area contributed by atoms with Gasteiger partial charge in [0, 0.05) is 18.6 Å². The van der Waals surface area contributed by atoms with Gasteiger partial charge in [0.1, 0.15) is 5.75 Å². The zero-order valence-electron chi connectivity index (χ0n) is 17.1. The van der Waals surface area contributed by atoms with Gasteiger partial charge in [-0.05, 0) is 48.7 Å². The maximum atomic E-state index is 13.0. The standard InChI is InChI=1S/C22H21BrN4O3/c1-13-5-6-14(2)17(11-13)30-21-24-19-18(20(28)26(4)22(29)25(19)3)27(21)12-15-7-9-16(23)10-8-15/h5-11H,12H2,1-4H3. The van der Waals surface area contributed by atoms with E-state index in [2.05, 4.69) is 20.9 Å². The SMILES string of the molecule is Cc1ccc(C)c(Oc2nc3c(c(=O)n(C)c(=O)n3C)n2Cc2ccc(Br)cc2)c1. The summed E-state index contributed by atoms with van der Waals surface area (Å²) in [6.07, 6.45) is 0. The molecule has 154 valence electrons. The van der Waals surface area contributed by atoms with E-state index >= 15 is 0 Å². The molecule has 0 atom stereocenters. The van der Waals surface area contributed by atoms with Crippen LogP contribution in [0.25, 0.3) is 11.2 Å². The van der Waals surface area contributed by atoms with Crippen LogP contribution in [0.15, 0.2) is 56.5 Å². The van der Waals surface area contributed by atoms with E-state index in [1.165, 1.54) is 11.6 Å². The summed E-state index contributed by atoms with van der Waals surface area (Å²) in [5.41, 5.74) is 2.74. The first-order chi connectivity index (χ1) is 14.3. The first kappa shape index (κ1) is 20.2. The second-order valence-electron chi connectivity index (χ2n) is 7.36. The molecule has 0 unspecified atom stereocenters. The molecule has 0 amide bonds. The summed E-state index contributed by atoms with van der Waals surface area (Å²) < 4.78 is 11.3. The highest BCUT2D eigenvalue weighted by Crippen LogP contribution is 2.28. The van der Waals surface area contributed by atoms with Crippen LogP contribution in [-0.4, -0.2) is 18.7 Å². The molecule has 0 saturated carbocycles. The third kappa shape index (κ3) is 3.47. The predicted molar refractivity (Wildman–Crippen MR) is 119 cm³/mol. The highest BCUT2D eigenvalue weighted by Gasteiger charge is 2.21. The number of fused-ring (bicyclic) bond motifs is 1. The first-order valence-electron chi connectivity index (χ1n) is 9.42. The Kier molecular flexibility index (Phi) is 5.11. The second-order valence-corrected chi connectivity index (χ2v) is 8.27. The molecule has 2 heterocycles. The Bertz CT molecular complexity index is 1380. The molecule has 0 saturated heterocycles. The van der Waals surface area contributed by atoms with Crippen molar-refractivity contribution in [2.24, 2.45) is 14.1 Å². The van der Waals surface area contributed by atoms with Gasteiger partial charge in [0.15, 0.2) is 11.2 Å². The van der Waals surface area contributed by atoms with Gasteiger partial charge in [-0.25, -0.2) is 4.79 Å². The van der Waals surface area contributed by atoms with Gasteiger partial charge in [0.25, 0.3) is 5.56 Å². The van der Waals surface area contributed by atoms with E-state index < -0.39 is 11.2 Å². The van der Waals surface area contributed by atoms with Gasteiger partial charge >= 0.3 is 11.7 Å². The molecular weight excluding hydrogens is 448 g/mol. The zero-order chi connectivity index (χ0) is 21.6. The normalized spacial score (nSPS) is 11.2. The van der Waals surface area contributed by atoms with Crippen LogP contribution in [0, 0.1) is 13.8 Å². The van der Waals surface area contributed by atoms with Crippen molar-refractivity contribution in [2.45, 2.75) is 20.4 Å². The maximum Gasteiger partial charge on any atom is 0.332 e. The molecule has 0 spiro atoms. The van der Waals surface area contributed by atoms with E-state index in [4.69, 9.17) is 4.74 Å². The number of aryl methyl sites for hydroxylation is 3. The van der Waals surface area contributed by atoms with Gasteiger partial charge in [0.2, 0.25) is 0 Å². The zero-order valence-corrected chi connectivity index (χ0v) is 18.7. The lowest BCUT2D eigenvalue weighted by atomic mass is 10.1. The van der Waals surface area contributed by atoms with Crippen LogP contribution < -0.4 is 16.0 Å². The molecule has 0 N–H and O–H groups in total. The van der Waals surface area contributed by atoms with Crippen LogP contribution in [-0.2, 0) is 20.6 Å². The van der Waals surface area contributed by atoms with Crippen LogP contribution >= 0.6 is 15.9 Å². The number of halogens is 1. The number of hydrogen-bond acceptors (Lipinski definition) is 4. The number of nitrogens with zero attached hydrogens (tertiary/aromatic N) is 4. The van der Waals surface area contributed by atoms with Crippen molar-refractivity contribution in [3.8, 4) is 11.8 Å². The minimum Gasteiger partial charge on any atom is -0.425 e. The van der Waals surface area contributed by atoms with E-state index in [1.54, 1.807) is 11.6 Å². The molecule has 0 aliphatic rings. The Balaban J connectivity index is 1.96. The molecule has 4 rings (SSSR count). The van der Waals surface area contributed by atoms with Crippen LogP contribution in [0.2, 0.25) is 0 Å². The van der Waals surface area contributed by atoms with Crippen LogP contribution in [0.3, 0.4) is 0 Å². The lowest BCUT2D eigenvalue weighted by Crippen LogP contribution is -2.37. The lowest BCUT2D eigenvalue weighted by molar-refractivity contribution is 0.418. The van der Waals surface area contributed by atoms with Crippen molar-refractivity contribution in [1.29, 1.82) is 0 Å². The Morgan fingerprint density at radius 1 is 1.00 bits per heavy atom. The van der Waals surface area contributed by atoms with Gasteiger partial charge in [-0.15, -0.1) is 0 Å². The molecule has 4 aromatic rings. The number of aromatic nitrogens is 4. The number of ether oxygens (including phenoxy) is 1. The van der Waals surface area contributed by atoms with Crippen molar-refractivity contribution in [2.75, 3.05) is 0 Å². The summed E-state index contributed by atoms with van der Waals surface area (Å²) in [5.74, 6) is 0.657. The van der Waals surface area contributed by atoms with E-state index in [0.29, 0.717) is 23.5 Å². The molecule has 0 aliphatic carbocycles. The molecule has 2 aromatic carbocycles. The molecule has 0 aliphatic heterocycles. The minimum absolute atomic E-state index is 0.264. The molecule has 0 radical (unpaired) electrons. The Hall–Kier alpha value is -3.13. The Morgan fingerprint density at radius 2 is 1.70 bits per heavy atom. The summed E-state index contributed by atoms with van der Waals surface area (Å²) in [6, 6.07) is 14.0. The molecular formula is C22H21BrN4O3.